The highest BCUT2D eigenvalue weighted by atomic mass is 35.5. The number of alkyl halides is 1. The predicted octanol–water partition coefficient (Wildman–Crippen LogP) is 3.98. The molecule has 0 radical (unpaired) electrons. The Balaban J connectivity index is 1.77. The van der Waals surface area contributed by atoms with Crippen molar-refractivity contribution in [1.82, 2.24) is 5.32 Å². The molecule has 1 aromatic carbocycles. The average molecular weight is 258 g/mol. The van der Waals surface area contributed by atoms with E-state index in [-0.39, 0.29) is 0 Å². The third kappa shape index (κ3) is 3.65. The van der Waals surface area contributed by atoms with Crippen LogP contribution in [0.5, 0.6) is 0 Å². The topological polar surface area (TPSA) is 12.0 Å². The van der Waals surface area contributed by atoms with Gasteiger partial charge in [-0.2, -0.15) is 0 Å². The van der Waals surface area contributed by atoms with Gasteiger partial charge in [-0.15, -0.1) is 11.6 Å². The number of rotatable bonds is 3. The van der Waals surface area contributed by atoms with Crippen molar-refractivity contribution in [2.24, 2.45) is 0 Å². The Kier molecular flexibility index (Phi) is 4.51. The monoisotopic (exact) mass is 257 g/mol. The second kappa shape index (κ2) is 5.90. The highest BCUT2D eigenvalue weighted by Gasteiger charge is 2.18. The second-order valence-corrected chi connectivity index (χ2v) is 5.51. The third-order valence-corrected chi connectivity index (χ3v) is 3.85. The summed E-state index contributed by atoms with van der Waals surface area (Å²) in [5, 5.41) is 4.77. The van der Waals surface area contributed by atoms with E-state index >= 15 is 0 Å². The highest BCUT2D eigenvalue weighted by molar-refractivity contribution is 6.30. The molecule has 1 nitrogen and oxygen atoms in total. The zero-order valence-electron chi connectivity index (χ0n) is 9.26. The molecule has 3 heteroatoms. The fraction of sp³-hybridized carbons (Fsp3) is 0.538. The first-order chi connectivity index (χ1) is 7.74. The molecule has 0 atom stereocenters. The Hall–Kier alpha value is -0.240. The van der Waals surface area contributed by atoms with Crippen LogP contribution in [-0.2, 0) is 6.54 Å². The van der Waals surface area contributed by atoms with Gasteiger partial charge >= 0.3 is 0 Å². The van der Waals surface area contributed by atoms with Crippen LogP contribution in [0.2, 0.25) is 5.02 Å². The Labute approximate surface area is 107 Å². The minimum atomic E-state index is 0.397. The van der Waals surface area contributed by atoms with E-state index in [1.54, 1.807) is 0 Å². The molecule has 1 N–H and O–H groups in total. The molecule has 88 valence electrons. The first-order valence-electron chi connectivity index (χ1n) is 5.86. The fourth-order valence-corrected chi connectivity index (χ4v) is 2.50. The molecule has 16 heavy (non-hydrogen) atoms. The number of halogens is 2. The number of nitrogens with one attached hydrogen (secondary N) is 1. The van der Waals surface area contributed by atoms with Crippen LogP contribution in [0.4, 0.5) is 0 Å². The van der Waals surface area contributed by atoms with Gasteiger partial charge in [0, 0.05) is 23.0 Å². The Bertz CT molecular complexity index is 315. The summed E-state index contributed by atoms with van der Waals surface area (Å²) >= 11 is 11.9. The van der Waals surface area contributed by atoms with Crippen molar-refractivity contribution < 1.29 is 0 Å². The molecule has 1 saturated carbocycles. The molecule has 0 aromatic heterocycles. The zero-order chi connectivity index (χ0) is 11.4. The van der Waals surface area contributed by atoms with Crippen LogP contribution in [0.3, 0.4) is 0 Å². The Morgan fingerprint density at radius 2 is 1.69 bits per heavy atom. The van der Waals surface area contributed by atoms with E-state index in [2.05, 4.69) is 17.4 Å². The van der Waals surface area contributed by atoms with Gasteiger partial charge in [-0.1, -0.05) is 23.7 Å². The smallest absolute Gasteiger partial charge is 0.0406 e. The number of benzene rings is 1. The van der Waals surface area contributed by atoms with Gasteiger partial charge in [-0.05, 0) is 43.4 Å². The van der Waals surface area contributed by atoms with E-state index in [0.29, 0.717) is 11.4 Å². The average Bonchev–Trinajstić information content (AvgIpc) is 2.30. The van der Waals surface area contributed by atoms with Gasteiger partial charge < -0.3 is 5.32 Å². The van der Waals surface area contributed by atoms with Crippen LogP contribution in [0.25, 0.3) is 0 Å². The van der Waals surface area contributed by atoms with Crippen molar-refractivity contribution in [2.75, 3.05) is 0 Å². The standard InChI is InChI=1S/C13H17Cl2N/c14-11-3-1-10(2-4-11)9-16-13-7-5-12(15)6-8-13/h1-4,12-13,16H,5-9H2. The molecule has 2 rings (SSSR count). The van der Waals surface area contributed by atoms with Crippen molar-refractivity contribution in [1.29, 1.82) is 0 Å². The van der Waals surface area contributed by atoms with E-state index < -0.39 is 0 Å². The lowest BCUT2D eigenvalue weighted by atomic mass is 9.95. The van der Waals surface area contributed by atoms with Gasteiger partial charge in [0.1, 0.15) is 0 Å². The summed E-state index contributed by atoms with van der Waals surface area (Å²) in [5.41, 5.74) is 1.29. The quantitative estimate of drug-likeness (QED) is 0.808. The molecule has 1 fully saturated rings. The summed E-state index contributed by atoms with van der Waals surface area (Å²) < 4.78 is 0. The molecule has 0 heterocycles. The molecular formula is C13H17Cl2N. The van der Waals surface area contributed by atoms with Gasteiger partial charge in [0.25, 0.3) is 0 Å². The van der Waals surface area contributed by atoms with Crippen molar-refractivity contribution in [3.05, 3.63) is 34.9 Å². The van der Waals surface area contributed by atoms with E-state index in [1.807, 2.05) is 12.1 Å². The zero-order valence-corrected chi connectivity index (χ0v) is 10.8. The largest absolute Gasteiger partial charge is 0.310 e. The molecule has 0 saturated heterocycles. The van der Waals surface area contributed by atoms with E-state index in [0.717, 1.165) is 24.4 Å². The molecular weight excluding hydrogens is 241 g/mol. The van der Waals surface area contributed by atoms with Crippen LogP contribution in [0, 0.1) is 0 Å². The lowest BCUT2D eigenvalue weighted by molar-refractivity contribution is 0.376. The van der Waals surface area contributed by atoms with Crippen LogP contribution >= 0.6 is 23.2 Å². The van der Waals surface area contributed by atoms with Gasteiger partial charge in [0.15, 0.2) is 0 Å². The SMILES string of the molecule is Clc1ccc(CNC2CCC(Cl)CC2)cc1. The summed E-state index contributed by atoms with van der Waals surface area (Å²) in [6.07, 6.45) is 4.67. The maximum atomic E-state index is 6.07. The first kappa shape index (κ1) is 12.2. The van der Waals surface area contributed by atoms with Gasteiger partial charge in [0.05, 0.1) is 0 Å². The predicted molar refractivity (Wildman–Crippen MR) is 70.2 cm³/mol. The van der Waals surface area contributed by atoms with Crippen molar-refractivity contribution in [3.63, 3.8) is 0 Å². The summed E-state index contributed by atoms with van der Waals surface area (Å²) in [5.74, 6) is 0. The van der Waals surface area contributed by atoms with Crippen molar-refractivity contribution >= 4 is 23.2 Å². The molecule has 1 aliphatic rings. The molecule has 1 aliphatic carbocycles. The minimum Gasteiger partial charge on any atom is -0.310 e. The maximum absolute atomic E-state index is 6.07. The first-order valence-corrected chi connectivity index (χ1v) is 6.67. The van der Waals surface area contributed by atoms with E-state index in [1.165, 1.54) is 18.4 Å². The second-order valence-electron chi connectivity index (χ2n) is 4.46. The van der Waals surface area contributed by atoms with Gasteiger partial charge in [0.2, 0.25) is 0 Å². The summed E-state index contributed by atoms with van der Waals surface area (Å²) in [6.45, 7) is 0.925. The molecule has 1 aromatic rings. The minimum absolute atomic E-state index is 0.397. The summed E-state index contributed by atoms with van der Waals surface area (Å²) in [4.78, 5) is 0. The van der Waals surface area contributed by atoms with Crippen LogP contribution in [0.1, 0.15) is 31.2 Å². The summed E-state index contributed by atoms with van der Waals surface area (Å²) in [6, 6.07) is 8.65. The molecule has 0 amide bonds. The normalized spacial score (nSPS) is 25.6. The van der Waals surface area contributed by atoms with Crippen LogP contribution in [-0.4, -0.2) is 11.4 Å². The van der Waals surface area contributed by atoms with Crippen molar-refractivity contribution in [3.8, 4) is 0 Å². The fourth-order valence-electron chi connectivity index (χ4n) is 2.12. The molecule has 0 unspecified atom stereocenters. The number of hydrogen-bond acceptors (Lipinski definition) is 1. The lowest BCUT2D eigenvalue weighted by Crippen LogP contribution is -2.32. The molecule has 0 bridgehead atoms. The van der Waals surface area contributed by atoms with E-state index in [4.69, 9.17) is 23.2 Å². The van der Waals surface area contributed by atoms with Gasteiger partial charge in [-0.25, -0.2) is 0 Å². The molecule has 0 spiro atoms. The Morgan fingerprint density at radius 3 is 2.31 bits per heavy atom. The third-order valence-electron chi connectivity index (χ3n) is 3.16. The van der Waals surface area contributed by atoms with Crippen LogP contribution in [0.15, 0.2) is 24.3 Å². The molecule has 0 aliphatic heterocycles. The Morgan fingerprint density at radius 1 is 1.06 bits per heavy atom. The van der Waals surface area contributed by atoms with Crippen molar-refractivity contribution in [2.45, 2.75) is 43.6 Å². The van der Waals surface area contributed by atoms with E-state index in [9.17, 15) is 0 Å². The number of hydrogen-bond donors (Lipinski definition) is 1. The van der Waals surface area contributed by atoms with Crippen LogP contribution < -0.4 is 5.32 Å². The summed E-state index contributed by atoms with van der Waals surface area (Å²) in [7, 11) is 0. The highest BCUT2D eigenvalue weighted by Crippen LogP contribution is 2.23. The van der Waals surface area contributed by atoms with Gasteiger partial charge in [-0.3, -0.25) is 0 Å². The lowest BCUT2D eigenvalue weighted by Gasteiger charge is -2.25. The maximum Gasteiger partial charge on any atom is 0.0406 e.